The summed E-state index contributed by atoms with van der Waals surface area (Å²) in [6.07, 6.45) is 1.16. The number of rotatable bonds is 3. The van der Waals surface area contributed by atoms with Crippen molar-refractivity contribution in [3.05, 3.63) is 59.5 Å². The Morgan fingerprint density at radius 2 is 2.18 bits per heavy atom. The lowest BCUT2D eigenvalue weighted by Gasteiger charge is -2.05. The highest BCUT2D eigenvalue weighted by atomic mass is 19.1. The van der Waals surface area contributed by atoms with Crippen molar-refractivity contribution in [1.29, 1.82) is 5.26 Å². The molecule has 0 atom stereocenters. The molecule has 0 fully saturated rings. The molecule has 0 saturated heterocycles. The second-order valence-electron chi connectivity index (χ2n) is 3.53. The zero-order valence-corrected chi connectivity index (χ0v) is 9.02. The summed E-state index contributed by atoms with van der Waals surface area (Å²) in [5.41, 5.74) is 1.60. The molecule has 0 radical (unpaired) electrons. The van der Waals surface area contributed by atoms with Gasteiger partial charge in [0.1, 0.15) is 11.6 Å². The number of benzene rings is 1. The van der Waals surface area contributed by atoms with Crippen molar-refractivity contribution in [3.8, 4) is 6.07 Å². The van der Waals surface area contributed by atoms with Crippen molar-refractivity contribution in [2.75, 3.05) is 5.32 Å². The van der Waals surface area contributed by atoms with Gasteiger partial charge in [0.05, 0.1) is 17.8 Å². The van der Waals surface area contributed by atoms with Crippen LogP contribution in [0, 0.1) is 17.1 Å². The third-order valence-corrected chi connectivity index (χ3v) is 2.26. The summed E-state index contributed by atoms with van der Waals surface area (Å²) in [5.74, 6) is 0.246. The predicted molar refractivity (Wildman–Crippen MR) is 62.7 cm³/mol. The highest BCUT2D eigenvalue weighted by Crippen LogP contribution is 2.08. The molecule has 17 heavy (non-hydrogen) atoms. The van der Waals surface area contributed by atoms with Crippen LogP contribution < -0.4 is 5.32 Å². The van der Waals surface area contributed by atoms with Crippen molar-refractivity contribution in [2.45, 2.75) is 6.54 Å². The molecular formula is C13H10FN3. The smallest absolute Gasteiger partial charge is 0.141 e. The van der Waals surface area contributed by atoms with E-state index in [1.165, 1.54) is 6.07 Å². The minimum absolute atomic E-state index is 0.359. The minimum atomic E-state index is -0.359. The van der Waals surface area contributed by atoms with Crippen LogP contribution in [0.3, 0.4) is 0 Å². The molecule has 1 aromatic heterocycles. The topological polar surface area (TPSA) is 48.7 Å². The van der Waals surface area contributed by atoms with E-state index in [4.69, 9.17) is 5.26 Å². The number of pyridine rings is 1. The van der Waals surface area contributed by atoms with E-state index in [1.807, 2.05) is 12.1 Å². The summed E-state index contributed by atoms with van der Waals surface area (Å²) in [5, 5.41) is 11.8. The average molecular weight is 227 g/mol. The van der Waals surface area contributed by atoms with E-state index in [-0.39, 0.29) is 5.82 Å². The van der Waals surface area contributed by atoms with E-state index >= 15 is 0 Å². The molecule has 2 rings (SSSR count). The number of hydrogen-bond acceptors (Lipinski definition) is 3. The summed E-state index contributed by atoms with van der Waals surface area (Å²) in [7, 11) is 0. The molecule has 0 spiro atoms. The molecular weight excluding hydrogens is 217 g/mol. The van der Waals surface area contributed by atoms with Crippen molar-refractivity contribution in [1.82, 2.24) is 4.98 Å². The molecule has 0 unspecified atom stereocenters. The lowest BCUT2D eigenvalue weighted by atomic mass is 10.1. The first kappa shape index (κ1) is 11.1. The first-order valence-corrected chi connectivity index (χ1v) is 5.12. The van der Waals surface area contributed by atoms with Gasteiger partial charge < -0.3 is 5.32 Å². The summed E-state index contributed by atoms with van der Waals surface area (Å²) in [6, 6.07) is 12.3. The van der Waals surface area contributed by atoms with Gasteiger partial charge in [-0.1, -0.05) is 12.1 Å². The fourth-order valence-electron chi connectivity index (χ4n) is 1.42. The van der Waals surface area contributed by atoms with E-state index in [2.05, 4.69) is 16.4 Å². The number of nitrogens with one attached hydrogen (secondary N) is 1. The molecule has 0 bridgehead atoms. The maximum atomic E-state index is 12.6. The van der Waals surface area contributed by atoms with E-state index in [1.54, 1.807) is 18.2 Å². The molecule has 84 valence electrons. The quantitative estimate of drug-likeness (QED) is 0.877. The number of halogens is 1. The third kappa shape index (κ3) is 3.02. The Morgan fingerprint density at radius 1 is 1.29 bits per heavy atom. The molecule has 1 heterocycles. The molecule has 1 aromatic carbocycles. The van der Waals surface area contributed by atoms with Crippen LogP contribution in [0.5, 0.6) is 0 Å². The van der Waals surface area contributed by atoms with Gasteiger partial charge in [-0.05, 0) is 29.8 Å². The van der Waals surface area contributed by atoms with Crippen LogP contribution in [-0.4, -0.2) is 4.98 Å². The number of anilines is 1. The van der Waals surface area contributed by atoms with Gasteiger partial charge in [0, 0.05) is 6.54 Å². The van der Waals surface area contributed by atoms with Gasteiger partial charge in [0.25, 0.3) is 0 Å². The molecule has 4 heteroatoms. The fourth-order valence-corrected chi connectivity index (χ4v) is 1.42. The first-order chi connectivity index (χ1) is 8.28. The number of hydrogen-bond donors (Lipinski definition) is 1. The molecule has 0 amide bonds. The summed E-state index contributed by atoms with van der Waals surface area (Å²) < 4.78 is 12.6. The van der Waals surface area contributed by atoms with Gasteiger partial charge in [0.15, 0.2) is 0 Å². The average Bonchev–Trinajstić information content (AvgIpc) is 2.38. The molecule has 0 aliphatic carbocycles. The summed E-state index contributed by atoms with van der Waals surface area (Å²) in [4.78, 5) is 3.88. The molecule has 0 aliphatic heterocycles. The number of aromatic nitrogens is 1. The van der Waals surface area contributed by atoms with Crippen LogP contribution in [0.15, 0.2) is 42.6 Å². The van der Waals surface area contributed by atoms with Gasteiger partial charge in [-0.2, -0.15) is 5.26 Å². The van der Waals surface area contributed by atoms with Crippen LogP contribution in [0.25, 0.3) is 0 Å². The van der Waals surface area contributed by atoms with Crippen LogP contribution in [0.2, 0.25) is 0 Å². The zero-order valence-electron chi connectivity index (χ0n) is 9.02. The largest absolute Gasteiger partial charge is 0.366 e. The van der Waals surface area contributed by atoms with Gasteiger partial charge >= 0.3 is 0 Å². The number of nitriles is 1. The predicted octanol–water partition coefficient (Wildman–Crippen LogP) is 2.70. The minimum Gasteiger partial charge on any atom is -0.366 e. The van der Waals surface area contributed by atoms with Crippen LogP contribution in [-0.2, 0) is 6.54 Å². The Labute approximate surface area is 98.5 Å². The normalized spacial score (nSPS) is 9.65. The summed E-state index contributed by atoms with van der Waals surface area (Å²) >= 11 is 0. The first-order valence-electron chi connectivity index (χ1n) is 5.12. The van der Waals surface area contributed by atoms with Crippen molar-refractivity contribution < 1.29 is 4.39 Å². The Bertz CT molecular complexity index is 543. The van der Waals surface area contributed by atoms with Crippen LogP contribution in [0.4, 0.5) is 10.2 Å². The molecule has 1 N–H and O–H groups in total. The Balaban J connectivity index is 2.02. The number of nitrogens with zero attached hydrogens (tertiary/aromatic N) is 2. The van der Waals surface area contributed by atoms with E-state index in [0.29, 0.717) is 17.9 Å². The molecule has 3 nitrogen and oxygen atoms in total. The van der Waals surface area contributed by atoms with Crippen molar-refractivity contribution in [3.63, 3.8) is 0 Å². The Kier molecular flexibility index (Phi) is 3.31. The third-order valence-electron chi connectivity index (χ3n) is 2.26. The highest BCUT2D eigenvalue weighted by molar-refractivity contribution is 5.37. The Hall–Kier alpha value is -2.41. The highest BCUT2D eigenvalue weighted by Gasteiger charge is 1.97. The van der Waals surface area contributed by atoms with Gasteiger partial charge in [-0.15, -0.1) is 0 Å². The van der Waals surface area contributed by atoms with E-state index < -0.39 is 0 Å². The van der Waals surface area contributed by atoms with Crippen LogP contribution in [0.1, 0.15) is 11.1 Å². The van der Waals surface area contributed by atoms with E-state index in [0.717, 1.165) is 11.8 Å². The lowest BCUT2D eigenvalue weighted by molar-refractivity contribution is 0.621. The molecule has 2 aromatic rings. The molecule has 0 saturated carbocycles. The SMILES string of the molecule is N#Cc1cccc(CNc2ccc(F)cn2)c1. The van der Waals surface area contributed by atoms with Gasteiger partial charge in [0.2, 0.25) is 0 Å². The van der Waals surface area contributed by atoms with Gasteiger partial charge in [-0.3, -0.25) is 0 Å². The second kappa shape index (κ2) is 5.08. The fraction of sp³-hybridized carbons (Fsp3) is 0.0769. The lowest BCUT2D eigenvalue weighted by Crippen LogP contribution is -2.01. The van der Waals surface area contributed by atoms with Crippen molar-refractivity contribution in [2.24, 2.45) is 0 Å². The van der Waals surface area contributed by atoms with Crippen LogP contribution >= 0.6 is 0 Å². The van der Waals surface area contributed by atoms with Crippen molar-refractivity contribution >= 4 is 5.82 Å². The van der Waals surface area contributed by atoms with E-state index in [9.17, 15) is 4.39 Å². The summed E-state index contributed by atoms with van der Waals surface area (Å²) in [6.45, 7) is 0.550. The Morgan fingerprint density at radius 3 is 2.88 bits per heavy atom. The zero-order chi connectivity index (χ0) is 12.1. The maximum Gasteiger partial charge on any atom is 0.141 e. The standard InChI is InChI=1S/C13H10FN3/c14-12-4-5-13(17-9-12)16-8-11-3-1-2-10(6-11)7-15/h1-6,9H,8H2,(H,16,17). The molecule has 0 aliphatic rings. The monoisotopic (exact) mass is 227 g/mol. The van der Waals surface area contributed by atoms with Gasteiger partial charge in [-0.25, -0.2) is 9.37 Å². The second-order valence-corrected chi connectivity index (χ2v) is 3.53. The maximum absolute atomic E-state index is 12.6.